The minimum absolute atomic E-state index is 0.0993. The van der Waals surface area contributed by atoms with Crippen LogP contribution in [0.2, 0.25) is 0 Å². The van der Waals surface area contributed by atoms with Gasteiger partial charge in [0.2, 0.25) is 0 Å². The van der Waals surface area contributed by atoms with Gasteiger partial charge in [-0.3, -0.25) is 5.32 Å². The molecule has 0 spiro atoms. The normalized spacial score (nSPS) is 14.1. The second-order valence-corrected chi connectivity index (χ2v) is 4.92. The van der Waals surface area contributed by atoms with Gasteiger partial charge in [-0.25, -0.2) is 4.39 Å². The standard InChI is InChI=1S/C14H19FN2O/c1-10(2)17-14(4,8-16)9-18-12-7-5-6-11(3)13(12)15/h5-7,10,17H,9H2,1-4H3. The lowest BCUT2D eigenvalue weighted by Gasteiger charge is -2.26. The number of aryl methyl sites for hydroxylation is 1. The molecule has 1 aromatic rings. The van der Waals surface area contributed by atoms with Crippen molar-refractivity contribution in [2.24, 2.45) is 0 Å². The molecule has 0 radical (unpaired) electrons. The SMILES string of the molecule is Cc1cccc(OCC(C)(C#N)NC(C)C)c1F. The van der Waals surface area contributed by atoms with Gasteiger partial charge in [0.15, 0.2) is 11.6 Å². The molecular formula is C14H19FN2O. The highest BCUT2D eigenvalue weighted by Crippen LogP contribution is 2.20. The summed E-state index contributed by atoms with van der Waals surface area (Å²) < 4.78 is 19.1. The molecule has 0 aliphatic heterocycles. The number of nitriles is 1. The minimum Gasteiger partial charge on any atom is -0.487 e. The number of benzene rings is 1. The molecular weight excluding hydrogens is 231 g/mol. The summed E-state index contributed by atoms with van der Waals surface area (Å²) in [7, 11) is 0. The molecule has 18 heavy (non-hydrogen) atoms. The number of nitrogens with one attached hydrogen (secondary N) is 1. The Bertz CT molecular complexity index is 454. The maximum absolute atomic E-state index is 13.7. The van der Waals surface area contributed by atoms with Gasteiger partial charge in [-0.2, -0.15) is 5.26 Å². The van der Waals surface area contributed by atoms with Crippen molar-refractivity contribution < 1.29 is 9.13 Å². The van der Waals surface area contributed by atoms with E-state index in [9.17, 15) is 4.39 Å². The van der Waals surface area contributed by atoms with Crippen molar-refractivity contribution in [3.05, 3.63) is 29.6 Å². The molecule has 3 nitrogen and oxygen atoms in total. The lowest BCUT2D eigenvalue weighted by atomic mass is 10.1. The van der Waals surface area contributed by atoms with Crippen molar-refractivity contribution >= 4 is 0 Å². The first-order chi connectivity index (χ1) is 8.38. The van der Waals surface area contributed by atoms with E-state index < -0.39 is 5.54 Å². The van der Waals surface area contributed by atoms with E-state index in [4.69, 9.17) is 10.00 Å². The van der Waals surface area contributed by atoms with Crippen LogP contribution in [-0.4, -0.2) is 18.2 Å². The van der Waals surface area contributed by atoms with Gasteiger partial charge >= 0.3 is 0 Å². The van der Waals surface area contributed by atoms with Crippen LogP contribution >= 0.6 is 0 Å². The fourth-order valence-corrected chi connectivity index (χ4v) is 1.70. The Morgan fingerprint density at radius 3 is 2.72 bits per heavy atom. The minimum atomic E-state index is -0.829. The van der Waals surface area contributed by atoms with Crippen molar-refractivity contribution in [1.82, 2.24) is 5.32 Å². The Labute approximate surface area is 108 Å². The highest BCUT2D eigenvalue weighted by Gasteiger charge is 2.26. The van der Waals surface area contributed by atoms with E-state index in [1.54, 1.807) is 32.0 Å². The predicted molar refractivity (Wildman–Crippen MR) is 68.9 cm³/mol. The number of ether oxygens (including phenoxy) is 1. The van der Waals surface area contributed by atoms with Crippen LogP contribution in [0.5, 0.6) is 5.75 Å². The lowest BCUT2D eigenvalue weighted by Crippen LogP contribution is -2.49. The second kappa shape index (κ2) is 5.83. The van der Waals surface area contributed by atoms with Crippen LogP contribution in [0.3, 0.4) is 0 Å². The average Bonchev–Trinajstić information content (AvgIpc) is 2.30. The third-order valence-corrected chi connectivity index (χ3v) is 2.53. The summed E-state index contributed by atoms with van der Waals surface area (Å²) in [6, 6.07) is 7.28. The third kappa shape index (κ3) is 3.71. The molecule has 1 rings (SSSR count). The van der Waals surface area contributed by atoms with Crippen molar-refractivity contribution in [2.75, 3.05) is 6.61 Å². The van der Waals surface area contributed by atoms with Crippen molar-refractivity contribution in [1.29, 1.82) is 5.26 Å². The van der Waals surface area contributed by atoms with Crippen LogP contribution < -0.4 is 10.1 Å². The zero-order valence-electron chi connectivity index (χ0n) is 11.2. The summed E-state index contributed by atoms with van der Waals surface area (Å²) in [6.07, 6.45) is 0. The van der Waals surface area contributed by atoms with Gasteiger partial charge in [0.1, 0.15) is 12.1 Å². The monoisotopic (exact) mass is 250 g/mol. The molecule has 1 N–H and O–H groups in total. The molecule has 0 amide bonds. The number of hydrogen-bond acceptors (Lipinski definition) is 3. The van der Waals surface area contributed by atoms with Gasteiger partial charge < -0.3 is 4.74 Å². The highest BCUT2D eigenvalue weighted by atomic mass is 19.1. The van der Waals surface area contributed by atoms with Gasteiger partial charge in [-0.15, -0.1) is 0 Å². The van der Waals surface area contributed by atoms with E-state index in [1.165, 1.54) is 0 Å². The van der Waals surface area contributed by atoms with Crippen molar-refractivity contribution in [3.63, 3.8) is 0 Å². The summed E-state index contributed by atoms with van der Waals surface area (Å²) in [6.45, 7) is 7.41. The second-order valence-electron chi connectivity index (χ2n) is 4.92. The topological polar surface area (TPSA) is 45.0 Å². The van der Waals surface area contributed by atoms with Gasteiger partial charge in [-0.05, 0) is 39.3 Å². The Kier molecular flexibility index (Phi) is 4.69. The van der Waals surface area contributed by atoms with E-state index in [2.05, 4.69) is 11.4 Å². The third-order valence-electron chi connectivity index (χ3n) is 2.53. The van der Waals surface area contributed by atoms with Crippen LogP contribution in [0, 0.1) is 24.1 Å². The highest BCUT2D eigenvalue weighted by molar-refractivity contribution is 5.30. The first-order valence-electron chi connectivity index (χ1n) is 5.95. The van der Waals surface area contributed by atoms with Crippen LogP contribution in [0.25, 0.3) is 0 Å². The molecule has 1 atom stereocenters. The molecule has 0 saturated heterocycles. The Morgan fingerprint density at radius 2 is 2.17 bits per heavy atom. The number of rotatable bonds is 5. The molecule has 98 valence electrons. The van der Waals surface area contributed by atoms with Crippen molar-refractivity contribution in [2.45, 2.75) is 39.3 Å². The Morgan fingerprint density at radius 1 is 1.50 bits per heavy atom. The largest absolute Gasteiger partial charge is 0.487 e. The number of hydrogen-bond donors (Lipinski definition) is 1. The molecule has 0 saturated carbocycles. The summed E-state index contributed by atoms with van der Waals surface area (Å²) in [4.78, 5) is 0. The van der Waals surface area contributed by atoms with E-state index in [0.717, 1.165) is 0 Å². The molecule has 0 heterocycles. The quantitative estimate of drug-likeness (QED) is 0.874. The van der Waals surface area contributed by atoms with E-state index in [1.807, 2.05) is 13.8 Å². The van der Waals surface area contributed by atoms with Crippen molar-refractivity contribution in [3.8, 4) is 11.8 Å². The Hall–Kier alpha value is -1.60. The van der Waals surface area contributed by atoms with E-state index >= 15 is 0 Å². The maximum Gasteiger partial charge on any atom is 0.167 e. The van der Waals surface area contributed by atoms with Crippen LogP contribution in [0.15, 0.2) is 18.2 Å². The van der Waals surface area contributed by atoms with Crippen LogP contribution in [0.1, 0.15) is 26.3 Å². The number of nitrogens with zero attached hydrogens (tertiary/aromatic N) is 1. The molecule has 0 bridgehead atoms. The van der Waals surface area contributed by atoms with Crippen LogP contribution in [-0.2, 0) is 0 Å². The number of halogens is 1. The fraction of sp³-hybridized carbons (Fsp3) is 0.500. The molecule has 0 fully saturated rings. The summed E-state index contributed by atoms with van der Waals surface area (Å²) >= 11 is 0. The van der Waals surface area contributed by atoms with Gasteiger partial charge in [0.05, 0.1) is 6.07 Å². The lowest BCUT2D eigenvalue weighted by molar-refractivity contribution is 0.217. The van der Waals surface area contributed by atoms with E-state index in [-0.39, 0.29) is 24.2 Å². The summed E-state index contributed by atoms with van der Waals surface area (Å²) in [5, 5.41) is 12.3. The molecule has 1 unspecified atom stereocenters. The van der Waals surface area contributed by atoms with E-state index in [0.29, 0.717) is 5.56 Å². The zero-order valence-corrected chi connectivity index (χ0v) is 11.2. The first kappa shape index (κ1) is 14.5. The smallest absolute Gasteiger partial charge is 0.167 e. The molecule has 0 aliphatic rings. The van der Waals surface area contributed by atoms with Gasteiger partial charge in [0.25, 0.3) is 0 Å². The predicted octanol–water partition coefficient (Wildman–Crippen LogP) is 2.79. The maximum atomic E-state index is 13.7. The summed E-state index contributed by atoms with van der Waals surface area (Å²) in [5.41, 5.74) is -0.298. The summed E-state index contributed by atoms with van der Waals surface area (Å²) in [5.74, 6) is -0.190. The van der Waals surface area contributed by atoms with Crippen LogP contribution in [0.4, 0.5) is 4.39 Å². The molecule has 0 aromatic heterocycles. The fourth-order valence-electron chi connectivity index (χ4n) is 1.70. The first-order valence-corrected chi connectivity index (χ1v) is 5.95. The molecule has 4 heteroatoms. The molecule has 0 aliphatic carbocycles. The van der Waals surface area contributed by atoms with Gasteiger partial charge in [0, 0.05) is 6.04 Å². The van der Waals surface area contributed by atoms with Gasteiger partial charge in [-0.1, -0.05) is 12.1 Å². The zero-order chi connectivity index (χ0) is 13.8. The Balaban J connectivity index is 2.75. The molecule has 1 aromatic carbocycles. The average molecular weight is 250 g/mol.